The summed E-state index contributed by atoms with van der Waals surface area (Å²) in [5.74, 6) is -7.15. The number of aldehydes is 1. The van der Waals surface area contributed by atoms with Crippen molar-refractivity contribution in [1.82, 2.24) is 31.9 Å². The number of hydrogen-bond acceptors (Lipinski definition) is 9. The molecule has 0 aliphatic heterocycles. The Morgan fingerprint density at radius 1 is 0.754 bits per heavy atom. The van der Waals surface area contributed by atoms with Gasteiger partial charge in [-0.3, -0.25) is 33.6 Å². The van der Waals surface area contributed by atoms with Crippen molar-refractivity contribution in [2.75, 3.05) is 5.75 Å². The van der Waals surface area contributed by atoms with E-state index in [1.807, 2.05) is 5.32 Å². The number of carbonyl (C=O) groups is 8. The monoisotopic (exact) mass is 830 g/mol. The number of carbonyl (C=O) groups excluding carboxylic acids is 7. The topological polar surface area (TPSA) is 229 Å². The molecule has 0 heterocycles. The first-order valence-electron chi connectivity index (χ1n) is 18.5. The first-order valence-corrected chi connectivity index (χ1v) is 19.1. The lowest BCUT2D eigenvalue weighted by atomic mass is 9.85. The summed E-state index contributed by atoms with van der Waals surface area (Å²) in [6.45, 7) is 13.4. The molecule has 0 saturated carbocycles. The van der Waals surface area contributed by atoms with Crippen LogP contribution in [0.15, 0.2) is 24.3 Å². The van der Waals surface area contributed by atoms with Gasteiger partial charge in [-0.1, -0.05) is 72.7 Å². The summed E-state index contributed by atoms with van der Waals surface area (Å²) in [7, 11) is 0. The Hall–Kier alpha value is -4.68. The minimum Gasteiger partial charge on any atom is -0.481 e. The van der Waals surface area contributed by atoms with Crippen molar-refractivity contribution in [1.29, 1.82) is 0 Å². The van der Waals surface area contributed by atoms with E-state index in [1.165, 1.54) is 0 Å². The fourth-order valence-electron chi connectivity index (χ4n) is 5.54. The van der Waals surface area contributed by atoms with Crippen LogP contribution in [0.4, 0.5) is 13.2 Å². The van der Waals surface area contributed by atoms with E-state index in [1.54, 1.807) is 79.7 Å². The standard InChI is InChI=1S/C38H57F3N6O9S/c1-20(2)15-25(32(52)42-24(18-48)17-38(39,40)41)45-36(56)31(37(6,7)8)47-33(53)26(16-23-12-10-9-11-22(23)5)44-35(55)30(21(3)4)46-34(54)27(19-57)43-28(49)13-14-29(50)51/h9-12,18,20-21,24-27,30-31,57H,13-17,19H2,1-8H3,(H,42,52)(H,43,49)(H,44,55)(H,45,56)(H,46,54)(H,47,53)(H,50,51)/t24-,25-,26-,27+,30+,31+/m0/s1. The Bertz CT molecular complexity index is 1590. The number of halogens is 3. The number of benzene rings is 1. The van der Waals surface area contributed by atoms with Crippen molar-refractivity contribution in [3.05, 3.63) is 35.4 Å². The first kappa shape index (κ1) is 50.3. The second kappa shape index (κ2) is 22.9. The number of hydrogen-bond donors (Lipinski definition) is 8. The number of carboxylic acids is 1. The molecule has 0 bridgehead atoms. The molecule has 1 rings (SSSR count). The van der Waals surface area contributed by atoms with E-state index in [-0.39, 0.29) is 30.8 Å². The van der Waals surface area contributed by atoms with Crippen LogP contribution in [0, 0.1) is 24.2 Å². The van der Waals surface area contributed by atoms with Crippen LogP contribution in [0.25, 0.3) is 0 Å². The van der Waals surface area contributed by atoms with Gasteiger partial charge < -0.3 is 41.8 Å². The Balaban J connectivity index is 3.43. The van der Waals surface area contributed by atoms with E-state index >= 15 is 0 Å². The van der Waals surface area contributed by atoms with E-state index in [0.29, 0.717) is 5.56 Å². The molecule has 15 nitrogen and oxygen atoms in total. The molecule has 57 heavy (non-hydrogen) atoms. The molecule has 0 radical (unpaired) electrons. The summed E-state index contributed by atoms with van der Waals surface area (Å²) >= 11 is 4.11. The number of carboxylic acid groups (broad SMARTS) is 1. The van der Waals surface area contributed by atoms with Gasteiger partial charge in [0.2, 0.25) is 35.4 Å². The molecule has 1 aromatic carbocycles. The molecule has 0 unspecified atom stereocenters. The molecule has 320 valence electrons. The first-order chi connectivity index (χ1) is 26.3. The lowest BCUT2D eigenvalue weighted by Crippen LogP contribution is -2.62. The molecule has 0 fully saturated rings. The number of thiol groups is 1. The summed E-state index contributed by atoms with van der Waals surface area (Å²) in [5, 5.41) is 23.7. The summed E-state index contributed by atoms with van der Waals surface area (Å²) in [5.41, 5.74) is 0.416. The molecular formula is C38H57F3N6O9S. The normalized spacial score (nSPS) is 14.9. The largest absolute Gasteiger partial charge is 0.481 e. The van der Waals surface area contributed by atoms with Crippen molar-refractivity contribution < 1.29 is 56.6 Å². The van der Waals surface area contributed by atoms with Crippen LogP contribution in [0.5, 0.6) is 0 Å². The third-order valence-corrected chi connectivity index (χ3v) is 9.03. The van der Waals surface area contributed by atoms with E-state index in [2.05, 4.69) is 39.2 Å². The number of aryl methyl sites for hydroxylation is 1. The van der Waals surface area contributed by atoms with Crippen molar-refractivity contribution in [3.63, 3.8) is 0 Å². The number of amides is 6. The summed E-state index contributed by atoms with van der Waals surface area (Å²) in [4.78, 5) is 103. The second-order valence-electron chi connectivity index (χ2n) is 15.7. The van der Waals surface area contributed by atoms with Gasteiger partial charge in [0.25, 0.3) is 0 Å². The van der Waals surface area contributed by atoms with Crippen LogP contribution in [0.3, 0.4) is 0 Å². The van der Waals surface area contributed by atoms with E-state index in [4.69, 9.17) is 5.11 Å². The van der Waals surface area contributed by atoms with Gasteiger partial charge in [-0.25, -0.2) is 0 Å². The van der Waals surface area contributed by atoms with Crippen LogP contribution in [0.1, 0.15) is 85.3 Å². The third-order valence-electron chi connectivity index (χ3n) is 8.66. The second-order valence-corrected chi connectivity index (χ2v) is 16.1. The predicted octanol–water partition coefficient (Wildman–Crippen LogP) is 2.14. The molecule has 6 amide bonds. The van der Waals surface area contributed by atoms with Crippen LogP contribution in [-0.2, 0) is 44.8 Å². The van der Waals surface area contributed by atoms with Gasteiger partial charge in [0, 0.05) is 18.6 Å². The van der Waals surface area contributed by atoms with Gasteiger partial charge in [0.05, 0.1) is 18.9 Å². The highest BCUT2D eigenvalue weighted by atomic mass is 32.1. The average Bonchev–Trinajstić information content (AvgIpc) is 3.08. The number of rotatable bonds is 22. The molecular weight excluding hydrogens is 774 g/mol. The van der Waals surface area contributed by atoms with Gasteiger partial charge in [-0.05, 0) is 41.7 Å². The Labute approximate surface area is 336 Å². The number of alkyl halides is 3. The third kappa shape index (κ3) is 18.4. The average molecular weight is 831 g/mol. The lowest BCUT2D eigenvalue weighted by Gasteiger charge is -2.34. The molecule has 6 atom stereocenters. The fourth-order valence-corrected chi connectivity index (χ4v) is 5.80. The van der Waals surface area contributed by atoms with Crippen molar-refractivity contribution >= 4 is 60.3 Å². The maximum absolute atomic E-state index is 14.2. The molecule has 7 N–H and O–H groups in total. The zero-order valence-electron chi connectivity index (χ0n) is 33.5. The molecule has 19 heteroatoms. The van der Waals surface area contributed by atoms with Crippen LogP contribution < -0.4 is 31.9 Å². The zero-order chi connectivity index (χ0) is 43.8. The Morgan fingerprint density at radius 2 is 1.32 bits per heavy atom. The predicted molar refractivity (Wildman–Crippen MR) is 208 cm³/mol. The van der Waals surface area contributed by atoms with Crippen LogP contribution in [0.2, 0.25) is 0 Å². The fraction of sp³-hybridized carbons (Fsp3) is 0.632. The quantitative estimate of drug-likeness (QED) is 0.0632. The highest BCUT2D eigenvalue weighted by Gasteiger charge is 2.39. The number of aliphatic carboxylic acids is 1. The minimum absolute atomic E-state index is 0.0195. The van der Waals surface area contributed by atoms with Crippen molar-refractivity contribution in [2.24, 2.45) is 17.3 Å². The Morgan fingerprint density at radius 3 is 1.81 bits per heavy atom. The van der Waals surface area contributed by atoms with Crippen molar-refractivity contribution in [3.8, 4) is 0 Å². The van der Waals surface area contributed by atoms with Crippen LogP contribution >= 0.6 is 12.6 Å². The molecule has 1 aromatic rings. The molecule has 0 aliphatic rings. The SMILES string of the molecule is Cc1ccccc1C[C@H](NC(=O)[C@H](NC(=O)[C@@H](CS)NC(=O)CCC(=O)O)C(C)C)C(=O)N[C@H](C(=O)N[C@@H](CC(C)C)C(=O)N[C@H](C=O)CC(F)(F)F)C(C)(C)C. The summed E-state index contributed by atoms with van der Waals surface area (Å²) in [6, 6.07) is -1.40. The zero-order valence-corrected chi connectivity index (χ0v) is 34.4. The maximum atomic E-state index is 14.2. The number of nitrogens with one attached hydrogen (secondary N) is 6. The molecule has 0 saturated heterocycles. The van der Waals surface area contributed by atoms with Crippen molar-refractivity contribution in [2.45, 2.75) is 130 Å². The minimum atomic E-state index is -4.75. The highest BCUT2D eigenvalue weighted by Crippen LogP contribution is 2.23. The molecule has 0 spiro atoms. The smallest absolute Gasteiger partial charge is 0.391 e. The van der Waals surface area contributed by atoms with Gasteiger partial charge >= 0.3 is 12.1 Å². The van der Waals surface area contributed by atoms with Gasteiger partial charge in [-0.15, -0.1) is 0 Å². The Kier molecular flexibility index (Phi) is 20.2. The van der Waals surface area contributed by atoms with Gasteiger partial charge in [0.15, 0.2) is 0 Å². The maximum Gasteiger partial charge on any atom is 0.391 e. The van der Waals surface area contributed by atoms with Gasteiger partial charge in [0.1, 0.15) is 36.5 Å². The van der Waals surface area contributed by atoms with E-state index in [9.17, 15) is 51.5 Å². The summed E-state index contributed by atoms with van der Waals surface area (Å²) < 4.78 is 39.0. The van der Waals surface area contributed by atoms with Gasteiger partial charge in [-0.2, -0.15) is 25.8 Å². The highest BCUT2D eigenvalue weighted by molar-refractivity contribution is 7.80. The van der Waals surface area contributed by atoms with E-state index in [0.717, 1.165) is 5.56 Å². The van der Waals surface area contributed by atoms with E-state index < -0.39 is 114 Å². The van der Waals surface area contributed by atoms with Crippen LogP contribution in [-0.4, -0.2) is 101 Å². The summed E-state index contributed by atoms with van der Waals surface area (Å²) in [6.07, 6.45) is -7.34. The lowest BCUT2D eigenvalue weighted by molar-refractivity contribution is -0.147. The molecule has 0 aliphatic carbocycles. The molecule has 0 aromatic heterocycles.